The summed E-state index contributed by atoms with van der Waals surface area (Å²) in [4.78, 5) is 15.1. The molecule has 0 amide bonds. The van der Waals surface area contributed by atoms with Crippen LogP contribution in [-0.2, 0) is 6.61 Å². The molecule has 6 nitrogen and oxygen atoms in total. The van der Waals surface area contributed by atoms with Crippen molar-refractivity contribution in [2.45, 2.75) is 26.4 Å². The number of nitrogens with zero attached hydrogens (tertiary/aromatic N) is 2. The number of carboxylic acid groups (broad SMARTS) is 1. The molecular weight excluding hydrogens is 267 g/mol. The molecule has 0 bridgehead atoms. The molecule has 0 aliphatic rings. The number of benzene rings is 1. The molecule has 0 aliphatic carbocycles. The van der Waals surface area contributed by atoms with E-state index in [4.69, 9.17) is 14.4 Å². The molecule has 106 valence electrons. The summed E-state index contributed by atoms with van der Waals surface area (Å²) in [5.41, 5.74) is -0.130. The summed E-state index contributed by atoms with van der Waals surface area (Å²) in [7, 11) is 0. The van der Waals surface area contributed by atoms with Crippen molar-refractivity contribution in [1.82, 2.24) is 10.1 Å². The first-order chi connectivity index (χ1) is 9.47. The molecule has 7 heteroatoms. The molecule has 0 saturated heterocycles. The highest BCUT2D eigenvalue weighted by Gasteiger charge is 2.15. The van der Waals surface area contributed by atoms with Gasteiger partial charge in [0.15, 0.2) is 12.4 Å². The zero-order valence-electron chi connectivity index (χ0n) is 11.0. The smallest absolute Gasteiger partial charge is 0.339 e. The van der Waals surface area contributed by atoms with Gasteiger partial charge < -0.3 is 14.4 Å². The maximum absolute atomic E-state index is 13.1. The van der Waals surface area contributed by atoms with Crippen molar-refractivity contribution in [3.05, 3.63) is 41.3 Å². The zero-order chi connectivity index (χ0) is 14.7. The maximum Gasteiger partial charge on any atom is 0.339 e. The van der Waals surface area contributed by atoms with E-state index >= 15 is 0 Å². The fraction of sp³-hybridized carbons (Fsp3) is 0.308. The number of aromatic nitrogens is 2. The molecule has 0 atom stereocenters. The van der Waals surface area contributed by atoms with Crippen molar-refractivity contribution >= 4 is 5.97 Å². The topological polar surface area (TPSA) is 85.5 Å². The standard InChI is InChI=1S/C13H13FN2O4/c1-7(2)12-15-11(20-16-12)6-19-10-5-8(14)3-4-9(10)13(17)18/h3-5,7H,6H2,1-2H3,(H,17,18). The van der Waals surface area contributed by atoms with E-state index < -0.39 is 11.8 Å². The van der Waals surface area contributed by atoms with E-state index in [0.717, 1.165) is 18.2 Å². The lowest BCUT2D eigenvalue weighted by Gasteiger charge is -2.06. The third-order valence-corrected chi connectivity index (χ3v) is 2.53. The third kappa shape index (κ3) is 3.11. The minimum Gasteiger partial charge on any atom is -0.483 e. The lowest BCUT2D eigenvalue weighted by Crippen LogP contribution is -2.04. The number of ether oxygens (including phenoxy) is 1. The Balaban J connectivity index is 2.13. The van der Waals surface area contributed by atoms with Crippen molar-refractivity contribution < 1.29 is 23.6 Å². The normalized spacial score (nSPS) is 10.8. The molecule has 20 heavy (non-hydrogen) atoms. The first kappa shape index (κ1) is 14.0. The SMILES string of the molecule is CC(C)c1noc(COc2cc(F)ccc2C(=O)O)n1. The van der Waals surface area contributed by atoms with Crippen LogP contribution in [0.5, 0.6) is 5.75 Å². The largest absolute Gasteiger partial charge is 0.483 e. The Morgan fingerprint density at radius 3 is 2.85 bits per heavy atom. The van der Waals surface area contributed by atoms with E-state index in [-0.39, 0.29) is 29.7 Å². The van der Waals surface area contributed by atoms with Gasteiger partial charge in [0.25, 0.3) is 5.89 Å². The van der Waals surface area contributed by atoms with Gasteiger partial charge in [0.05, 0.1) is 0 Å². The van der Waals surface area contributed by atoms with Gasteiger partial charge in [-0.3, -0.25) is 0 Å². The second-order valence-corrected chi connectivity index (χ2v) is 4.44. The van der Waals surface area contributed by atoms with Gasteiger partial charge in [-0.05, 0) is 12.1 Å². The average Bonchev–Trinajstić information content (AvgIpc) is 2.85. The van der Waals surface area contributed by atoms with Gasteiger partial charge in [0.1, 0.15) is 17.1 Å². The summed E-state index contributed by atoms with van der Waals surface area (Å²) in [6.45, 7) is 3.69. The van der Waals surface area contributed by atoms with Crippen molar-refractivity contribution in [3.63, 3.8) is 0 Å². The van der Waals surface area contributed by atoms with Crippen LogP contribution in [-0.4, -0.2) is 21.2 Å². The van der Waals surface area contributed by atoms with Crippen LogP contribution in [0.1, 0.15) is 41.8 Å². The van der Waals surface area contributed by atoms with Crippen molar-refractivity contribution in [3.8, 4) is 5.75 Å². The van der Waals surface area contributed by atoms with Gasteiger partial charge in [-0.15, -0.1) is 0 Å². The van der Waals surface area contributed by atoms with Crippen molar-refractivity contribution in [2.24, 2.45) is 0 Å². The van der Waals surface area contributed by atoms with Gasteiger partial charge in [-0.1, -0.05) is 19.0 Å². The van der Waals surface area contributed by atoms with E-state index in [1.807, 2.05) is 13.8 Å². The van der Waals surface area contributed by atoms with Crippen LogP contribution in [0.2, 0.25) is 0 Å². The number of hydrogen-bond donors (Lipinski definition) is 1. The Labute approximate surface area is 114 Å². The molecule has 1 heterocycles. The summed E-state index contributed by atoms with van der Waals surface area (Å²) < 4.78 is 23.3. The van der Waals surface area contributed by atoms with Crippen LogP contribution in [0.4, 0.5) is 4.39 Å². The van der Waals surface area contributed by atoms with E-state index in [0.29, 0.717) is 5.82 Å². The molecule has 0 aliphatic heterocycles. The quantitative estimate of drug-likeness (QED) is 0.906. The Hall–Kier alpha value is -2.44. The molecular formula is C13H13FN2O4. The lowest BCUT2D eigenvalue weighted by molar-refractivity contribution is 0.0691. The van der Waals surface area contributed by atoms with Crippen LogP contribution in [0.3, 0.4) is 0 Å². The number of rotatable bonds is 5. The fourth-order valence-corrected chi connectivity index (χ4v) is 1.49. The Bertz CT molecular complexity index is 625. The first-order valence-electron chi connectivity index (χ1n) is 5.95. The molecule has 0 spiro atoms. The number of halogens is 1. The fourth-order valence-electron chi connectivity index (χ4n) is 1.49. The van der Waals surface area contributed by atoms with Gasteiger partial charge in [-0.25, -0.2) is 9.18 Å². The summed E-state index contributed by atoms with van der Waals surface area (Å²) in [5, 5.41) is 12.7. The number of carbonyl (C=O) groups is 1. The minimum absolute atomic E-state index is 0.0817. The Kier molecular flexibility index (Phi) is 3.97. The van der Waals surface area contributed by atoms with Crippen LogP contribution in [0, 0.1) is 5.82 Å². The van der Waals surface area contributed by atoms with Crippen molar-refractivity contribution in [2.75, 3.05) is 0 Å². The van der Waals surface area contributed by atoms with Gasteiger partial charge in [0, 0.05) is 12.0 Å². The van der Waals surface area contributed by atoms with E-state index in [2.05, 4.69) is 10.1 Å². The van der Waals surface area contributed by atoms with Crippen LogP contribution >= 0.6 is 0 Å². The lowest BCUT2D eigenvalue weighted by atomic mass is 10.2. The van der Waals surface area contributed by atoms with Gasteiger partial charge in [0.2, 0.25) is 0 Å². The maximum atomic E-state index is 13.1. The van der Waals surface area contributed by atoms with Crippen LogP contribution in [0.25, 0.3) is 0 Å². The first-order valence-corrected chi connectivity index (χ1v) is 5.95. The molecule has 1 aromatic heterocycles. The highest BCUT2D eigenvalue weighted by Crippen LogP contribution is 2.21. The minimum atomic E-state index is -1.20. The second kappa shape index (κ2) is 5.68. The predicted octanol–water partition coefficient (Wildman–Crippen LogP) is 2.61. The highest BCUT2D eigenvalue weighted by atomic mass is 19.1. The molecule has 1 aromatic carbocycles. The van der Waals surface area contributed by atoms with E-state index in [1.54, 1.807) is 0 Å². The van der Waals surface area contributed by atoms with E-state index in [9.17, 15) is 9.18 Å². The van der Waals surface area contributed by atoms with Crippen LogP contribution in [0.15, 0.2) is 22.7 Å². The van der Waals surface area contributed by atoms with Crippen molar-refractivity contribution in [1.29, 1.82) is 0 Å². The zero-order valence-corrected chi connectivity index (χ0v) is 11.0. The number of carboxylic acids is 1. The average molecular weight is 280 g/mol. The Morgan fingerprint density at radius 1 is 1.50 bits per heavy atom. The number of hydrogen-bond acceptors (Lipinski definition) is 5. The molecule has 0 fully saturated rings. The number of aromatic carboxylic acids is 1. The molecule has 2 aromatic rings. The molecule has 0 radical (unpaired) electrons. The second-order valence-electron chi connectivity index (χ2n) is 4.44. The monoisotopic (exact) mass is 280 g/mol. The van der Waals surface area contributed by atoms with Crippen LogP contribution < -0.4 is 4.74 Å². The Morgan fingerprint density at radius 2 is 2.25 bits per heavy atom. The summed E-state index contributed by atoms with van der Waals surface area (Å²) >= 11 is 0. The third-order valence-electron chi connectivity index (χ3n) is 2.53. The summed E-state index contributed by atoms with van der Waals surface area (Å²) in [6, 6.07) is 3.20. The van der Waals surface area contributed by atoms with E-state index in [1.165, 1.54) is 0 Å². The molecule has 0 saturated carbocycles. The van der Waals surface area contributed by atoms with Gasteiger partial charge in [-0.2, -0.15) is 4.98 Å². The molecule has 1 N–H and O–H groups in total. The predicted molar refractivity (Wildman–Crippen MR) is 66.1 cm³/mol. The molecule has 0 unspecified atom stereocenters. The van der Waals surface area contributed by atoms with Gasteiger partial charge >= 0.3 is 5.97 Å². The summed E-state index contributed by atoms with van der Waals surface area (Å²) in [5.74, 6) is -1.03. The molecule has 2 rings (SSSR count). The summed E-state index contributed by atoms with van der Waals surface area (Å²) in [6.07, 6.45) is 0. The highest BCUT2D eigenvalue weighted by molar-refractivity contribution is 5.90.